The van der Waals surface area contributed by atoms with Crippen molar-refractivity contribution in [2.24, 2.45) is 0 Å². The molecule has 3 aromatic rings. The molecule has 0 saturated carbocycles. The number of aryl methyl sites for hydroxylation is 1. The molecule has 1 aliphatic heterocycles. The van der Waals surface area contributed by atoms with Crippen LogP contribution in [0.5, 0.6) is 0 Å². The Morgan fingerprint density at radius 1 is 1.06 bits per heavy atom. The van der Waals surface area contributed by atoms with Gasteiger partial charge in [0.1, 0.15) is 18.2 Å². The van der Waals surface area contributed by atoms with E-state index >= 15 is 0 Å². The zero-order valence-corrected chi connectivity index (χ0v) is 17.2. The van der Waals surface area contributed by atoms with Crippen molar-refractivity contribution in [2.45, 2.75) is 19.4 Å². The summed E-state index contributed by atoms with van der Waals surface area (Å²) in [5.74, 6) is -0.138. The Hall–Kier alpha value is -3.26. The number of amides is 2. The highest BCUT2D eigenvalue weighted by molar-refractivity contribution is 5.94. The van der Waals surface area contributed by atoms with E-state index in [4.69, 9.17) is 9.72 Å². The molecule has 0 spiro atoms. The number of carbonyl (C=O) groups is 2. The smallest absolute Gasteiger partial charge is 0.254 e. The predicted molar refractivity (Wildman–Crippen MR) is 114 cm³/mol. The van der Waals surface area contributed by atoms with E-state index in [1.54, 1.807) is 12.1 Å². The average Bonchev–Trinajstić information content (AvgIpc) is 3.14. The Balaban J connectivity index is 1.41. The molecule has 1 aliphatic rings. The fourth-order valence-electron chi connectivity index (χ4n) is 3.73. The summed E-state index contributed by atoms with van der Waals surface area (Å²) >= 11 is 0. The van der Waals surface area contributed by atoms with Crippen molar-refractivity contribution in [2.75, 3.05) is 32.8 Å². The molecule has 2 amide bonds. The van der Waals surface area contributed by atoms with Crippen molar-refractivity contribution in [3.8, 4) is 0 Å². The van der Waals surface area contributed by atoms with Gasteiger partial charge in [0.25, 0.3) is 5.91 Å². The summed E-state index contributed by atoms with van der Waals surface area (Å²) in [4.78, 5) is 31.5. The third-order valence-corrected chi connectivity index (χ3v) is 5.37. The van der Waals surface area contributed by atoms with E-state index in [0.717, 1.165) is 16.9 Å². The number of hydrogen-bond acceptors (Lipinski definition) is 4. The summed E-state index contributed by atoms with van der Waals surface area (Å²) < 4.78 is 21.0. The van der Waals surface area contributed by atoms with Crippen LogP contribution in [0.15, 0.2) is 48.5 Å². The van der Waals surface area contributed by atoms with Crippen molar-refractivity contribution < 1.29 is 18.7 Å². The molecule has 0 bridgehead atoms. The second-order valence-electron chi connectivity index (χ2n) is 7.44. The van der Waals surface area contributed by atoms with Gasteiger partial charge in [0.05, 0.1) is 29.8 Å². The minimum Gasteiger partial charge on any atom is -0.378 e. The van der Waals surface area contributed by atoms with Crippen molar-refractivity contribution in [3.05, 3.63) is 65.7 Å². The van der Waals surface area contributed by atoms with Gasteiger partial charge in [-0.15, -0.1) is 0 Å². The van der Waals surface area contributed by atoms with Crippen LogP contribution in [-0.4, -0.2) is 59.1 Å². The molecule has 162 valence electrons. The number of rotatable bonds is 7. The van der Waals surface area contributed by atoms with Gasteiger partial charge in [-0.3, -0.25) is 9.59 Å². The molecule has 31 heavy (non-hydrogen) atoms. The molecule has 0 radical (unpaired) electrons. The Kier molecular flexibility index (Phi) is 6.57. The van der Waals surface area contributed by atoms with E-state index in [-0.39, 0.29) is 18.0 Å². The molecule has 1 fully saturated rings. The molecule has 1 saturated heterocycles. The van der Waals surface area contributed by atoms with Crippen LogP contribution in [0.3, 0.4) is 0 Å². The number of morpholine rings is 1. The quantitative estimate of drug-likeness (QED) is 0.591. The van der Waals surface area contributed by atoms with Crippen molar-refractivity contribution in [3.63, 3.8) is 0 Å². The molecule has 7 nitrogen and oxygen atoms in total. The van der Waals surface area contributed by atoms with Crippen LogP contribution >= 0.6 is 0 Å². The van der Waals surface area contributed by atoms with Crippen molar-refractivity contribution in [1.82, 2.24) is 19.8 Å². The maximum Gasteiger partial charge on any atom is 0.254 e. The van der Waals surface area contributed by atoms with E-state index < -0.39 is 11.7 Å². The first-order valence-corrected chi connectivity index (χ1v) is 10.5. The number of para-hydroxylation sites is 2. The van der Waals surface area contributed by atoms with E-state index in [9.17, 15) is 14.0 Å². The molecule has 2 aromatic carbocycles. The average molecular weight is 424 g/mol. The first kappa shape index (κ1) is 21.0. The molecule has 0 aliphatic carbocycles. The number of hydrogen-bond donors (Lipinski definition) is 1. The molecule has 0 unspecified atom stereocenters. The number of imidazole rings is 1. The van der Waals surface area contributed by atoms with E-state index in [1.807, 2.05) is 33.7 Å². The molecular formula is C23H25FN4O3. The van der Waals surface area contributed by atoms with E-state index in [2.05, 4.69) is 5.32 Å². The lowest BCUT2D eigenvalue weighted by atomic mass is 10.2. The number of halogens is 1. The minimum absolute atomic E-state index is 0.0332. The highest BCUT2D eigenvalue weighted by Gasteiger charge is 2.20. The Morgan fingerprint density at radius 3 is 2.61 bits per heavy atom. The monoisotopic (exact) mass is 424 g/mol. The summed E-state index contributed by atoms with van der Waals surface area (Å²) in [6.45, 7) is 2.92. The van der Waals surface area contributed by atoms with Gasteiger partial charge in [0, 0.05) is 26.1 Å². The van der Waals surface area contributed by atoms with Crippen LogP contribution in [0.2, 0.25) is 0 Å². The van der Waals surface area contributed by atoms with Crippen molar-refractivity contribution in [1.29, 1.82) is 0 Å². The summed E-state index contributed by atoms with van der Waals surface area (Å²) in [7, 11) is 0. The molecule has 1 N–H and O–H groups in total. The fraction of sp³-hybridized carbons (Fsp3) is 0.348. The van der Waals surface area contributed by atoms with Gasteiger partial charge in [0.2, 0.25) is 5.91 Å². The maximum absolute atomic E-state index is 13.7. The van der Waals surface area contributed by atoms with E-state index in [0.29, 0.717) is 45.7 Å². The topological polar surface area (TPSA) is 76.5 Å². The lowest BCUT2D eigenvalue weighted by molar-refractivity contribution is -0.135. The number of fused-ring (bicyclic) bond motifs is 1. The lowest BCUT2D eigenvalue weighted by Crippen LogP contribution is -2.42. The molecule has 2 heterocycles. The van der Waals surface area contributed by atoms with Gasteiger partial charge in [-0.05, 0) is 30.7 Å². The van der Waals surface area contributed by atoms with E-state index in [1.165, 1.54) is 12.1 Å². The maximum atomic E-state index is 13.7. The normalized spacial score (nSPS) is 14.0. The summed E-state index contributed by atoms with van der Waals surface area (Å²) in [5.41, 5.74) is 1.78. The Labute approximate surface area is 179 Å². The number of ether oxygens (including phenoxy) is 1. The third-order valence-electron chi connectivity index (χ3n) is 5.37. The van der Waals surface area contributed by atoms with Crippen molar-refractivity contribution >= 4 is 22.8 Å². The summed E-state index contributed by atoms with van der Waals surface area (Å²) in [6, 6.07) is 13.6. The molecule has 0 atom stereocenters. The highest BCUT2D eigenvalue weighted by Crippen LogP contribution is 2.18. The van der Waals surface area contributed by atoms with Crippen LogP contribution in [0, 0.1) is 5.82 Å². The largest absolute Gasteiger partial charge is 0.378 e. The molecule has 8 heteroatoms. The Bertz CT molecular complexity index is 1080. The number of aromatic nitrogens is 2. The Morgan fingerprint density at radius 2 is 1.81 bits per heavy atom. The van der Waals surface area contributed by atoms with Crippen LogP contribution in [0.4, 0.5) is 4.39 Å². The van der Waals surface area contributed by atoms with Gasteiger partial charge < -0.3 is 19.5 Å². The fourth-order valence-corrected chi connectivity index (χ4v) is 3.73. The number of nitrogens with one attached hydrogen (secondary N) is 1. The predicted octanol–water partition coefficient (Wildman–Crippen LogP) is 2.40. The van der Waals surface area contributed by atoms with Gasteiger partial charge in [-0.2, -0.15) is 0 Å². The highest BCUT2D eigenvalue weighted by atomic mass is 19.1. The van der Waals surface area contributed by atoms with Gasteiger partial charge in [-0.25, -0.2) is 9.37 Å². The van der Waals surface area contributed by atoms with Crippen LogP contribution < -0.4 is 5.32 Å². The van der Waals surface area contributed by atoms with Gasteiger partial charge in [0.15, 0.2) is 0 Å². The SMILES string of the molecule is O=C(NCCCc1nc2ccccc2n1CC(=O)N1CCOCC1)c1ccccc1F. The molecular weight excluding hydrogens is 399 g/mol. The zero-order valence-electron chi connectivity index (χ0n) is 17.2. The van der Waals surface area contributed by atoms with Crippen LogP contribution in [0.1, 0.15) is 22.6 Å². The van der Waals surface area contributed by atoms with Gasteiger partial charge >= 0.3 is 0 Å². The van der Waals surface area contributed by atoms with Crippen LogP contribution in [-0.2, 0) is 22.5 Å². The lowest BCUT2D eigenvalue weighted by Gasteiger charge is -2.27. The second-order valence-corrected chi connectivity index (χ2v) is 7.44. The number of nitrogens with zero attached hydrogens (tertiary/aromatic N) is 3. The third kappa shape index (κ3) is 4.91. The first-order chi connectivity index (χ1) is 15.1. The zero-order chi connectivity index (χ0) is 21.6. The van der Waals surface area contributed by atoms with Crippen LogP contribution in [0.25, 0.3) is 11.0 Å². The minimum atomic E-state index is -0.539. The first-order valence-electron chi connectivity index (χ1n) is 10.5. The molecule has 4 rings (SSSR count). The molecule has 1 aromatic heterocycles. The summed E-state index contributed by atoms with van der Waals surface area (Å²) in [5, 5.41) is 2.75. The summed E-state index contributed by atoms with van der Waals surface area (Å²) in [6.07, 6.45) is 1.21. The van der Waals surface area contributed by atoms with Gasteiger partial charge in [-0.1, -0.05) is 24.3 Å². The standard InChI is InChI=1S/C23H25FN4O3/c24-18-7-2-1-6-17(18)23(30)25-11-5-10-21-26-19-8-3-4-9-20(19)28(21)16-22(29)27-12-14-31-15-13-27/h1-4,6-9H,5,10-16H2,(H,25,30). The number of carbonyl (C=O) groups excluding carboxylic acids is 2. The second kappa shape index (κ2) is 9.70. The number of benzene rings is 2.